The van der Waals surface area contributed by atoms with Gasteiger partial charge in [0.25, 0.3) is 10.1 Å². The largest absolute Gasteiger partial charge is 0.460 e. The van der Waals surface area contributed by atoms with Gasteiger partial charge in [-0.15, -0.1) is 0 Å². The molecule has 0 spiro atoms. The maximum absolute atomic E-state index is 12.4. The summed E-state index contributed by atoms with van der Waals surface area (Å²) in [6.45, 7) is 5.56. The maximum atomic E-state index is 12.4. The molecular weight excluding hydrogens is 390 g/mol. The number of rotatable bonds is 8. The highest BCUT2D eigenvalue weighted by atomic mass is 32.2. The Morgan fingerprint density at radius 1 is 1.39 bits per heavy atom. The first kappa shape index (κ1) is 21.9. The molecule has 2 atom stereocenters. The van der Waals surface area contributed by atoms with Gasteiger partial charge in [-0.25, -0.2) is 14.6 Å². The second-order valence-corrected chi connectivity index (χ2v) is 7.99. The first-order chi connectivity index (χ1) is 13.2. The van der Waals surface area contributed by atoms with Gasteiger partial charge in [-0.2, -0.15) is 8.42 Å². The van der Waals surface area contributed by atoms with Crippen LogP contribution < -0.4 is 0 Å². The molecule has 1 saturated heterocycles. The fourth-order valence-corrected chi connectivity index (χ4v) is 3.72. The molecule has 1 aliphatic heterocycles. The second kappa shape index (κ2) is 9.20. The van der Waals surface area contributed by atoms with E-state index in [0.717, 1.165) is 6.26 Å². The summed E-state index contributed by atoms with van der Waals surface area (Å²) in [5.74, 6) is -0.386. The van der Waals surface area contributed by atoms with Crippen molar-refractivity contribution in [3.63, 3.8) is 0 Å². The Kier molecular flexibility index (Phi) is 7.19. The van der Waals surface area contributed by atoms with Crippen LogP contribution >= 0.6 is 0 Å². The first-order valence-corrected chi connectivity index (χ1v) is 10.6. The van der Waals surface area contributed by atoms with Crippen molar-refractivity contribution in [2.45, 2.75) is 31.9 Å². The molecule has 0 unspecified atom stereocenters. The van der Waals surface area contributed by atoms with Crippen molar-refractivity contribution in [1.82, 2.24) is 14.5 Å². The zero-order valence-electron chi connectivity index (χ0n) is 16.2. The number of carbonyl (C=O) groups is 2. The minimum absolute atomic E-state index is 0.0401. The SMILES string of the molecule is C=CCOC(=O)N1C[C@H](OS(C)(=O)=O)C[C@H]1Cc1cnc(C(=O)OCC)n1C. The van der Waals surface area contributed by atoms with Crippen molar-refractivity contribution in [2.24, 2.45) is 7.05 Å². The van der Waals surface area contributed by atoms with Crippen LogP contribution in [0.1, 0.15) is 29.7 Å². The van der Waals surface area contributed by atoms with Gasteiger partial charge in [0.05, 0.1) is 25.5 Å². The third-order valence-corrected chi connectivity index (χ3v) is 4.86. The molecule has 2 rings (SSSR count). The van der Waals surface area contributed by atoms with Crippen LogP contribution in [0.5, 0.6) is 0 Å². The van der Waals surface area contributed by atoms with Crippen molar-refractivity contribution < 1.29 is 31.7 Å². The van der Waals surface area contributed by atoms with E-state index < -0.39 is 28.3 Å². The summed E-state index contributed by atoms with van der Waals surface area (Å²) in [7, 11) is -1.99. The van der Waals surface area contributed by atoms with Crippen molar-refractivity contribution in [1.29, 1.82) is 0 Å². The van der Waals surface area contributed by atoms with Crippen LogP contribution in [0.15, 0.2) is 18.9 Å². The van der Waals surface area contributed by atoms with E-state index in [1.807, 2.05) is 0 Å². The quantitative estimate of drug-likeness (QED) is 0.349. The molecule has 1 amide bonds. The fourth-order valence-electron chi connectivity index (χ4n) is 3.08. The molecule has 0 N–H and O–H groups in total. The smallest absolute Gasteiger partial charge is 0.410 e. The molecule has 0 aliphatic carbocycles. The molecule has 1 aromatic heterocycles. The zero-order valence-corrected chi connectivity index (χ0v) is 17.0. The summed E-state index contributed by atoms with van der Waals surface area (Å²) < 4.78 is 39.6. The molecule has 1 aromatic rings. The van der Waals surface area contributed by atoms with Crippen LogP contribution in [0.25, 0.3) is 0 Å². The molecule has 0 aromatic carbocycles. The van der Waals surface area contributed by atoms with Gasteiger partial charge < -0.3 is 18.9 Å². The number of hydrogen-bond acceptors (Lipinski definition) is 8. The van der Waals surface area contributed by atoms with Crippen molar-refractivity contribution in [3.05, 3.63) is 30.4 Å². The molecule has 11 heteroatoms. The number of nitrogens with zero attached hydrogens (tertiary/aromatic N) is 3. The molecule has 2 heterocycles. The monoisotopic (exact) mass is 415 g/mol. The van der Waals surface area contributed by atoms with E-state index in [1.165, 1.54) is 17.2 Å². The molecule has 1 aliphatic rings. The standard InChI is InChI=1S/C17H25N3O7S/c1-5-7-26-17(22)20-11-14(27-28(4,23)24)9-12(20)8-13-10-18-15(19(13)3)16(21)25-6-2/h5,10,12,14H,1,6-9,11H2,2-4H3/t12-,14-/m1/s1. The summed E-state index contributed by atoms with van der Waals surface area (Å²) in [4.78, 5) is 29.8. The Morgan fingerprint density at radius 3 is 2.71 bits per heavy atom. The highest BCUT2D eigenvalue weighted by molar-refractivity contribution is 7.86. The average molecular weight is 415 g/mol. The lowest BCUT2D eigenvalue weighted by Gasteiger charge is -2.23. The Bertz CT molecular complexity index is 834. The zero-order chi connectivity index (χ0) is 20.9. The Labute approximate surface area is 164 Å². The highest BCUT2D eigenvalue weighted by Gasteiger charge is 2.39. The van der Waals surface area contributed by atoms with E-state index in [4.69, 9.17) is 13.7 Å². The van der Waals surface area contributed by atoms with E-state index in [1.54, 1.807) is 18.5 Å². The fraction of sp³-hybridized carbons (Fsp3) is 0.588. The van der Waals surface area contributed by atoms with Gasteiger partial charge >= 0.3 is 12.1 Å². The Morgan fingerprint density at radius 2 is 2.11 bits per heavy atom. The van der Waals surface area contributed by atoms with Gasteiger partial charge in [0, 0.05) is 31.4 Å². The lowest BCUT2D eigenvalue weighted by molar-refractivity contribution is 0.0507. The third kappa shape index (κ3) is 5.55. The van der Waals surface area contributed by atoms with Crippen LogP contribution in [0.2, 0.25) is 0 Å². The third-order valence-electron chi connectivity index (χ3n) is 4.23. The van der Waals surface area contributed by atoms with E-state index in [2.05, 4.69) is 11.6 Å². The van der Waals surface area contributed by atoms with Crippen LogP contribution in [0.4, 0.5) is 4.79 Å². The summed E-state index contributed by atoms with van der Waals surface area (Å²) in [5, 5.41) is 0. The van der Waals surface area contributed by atoms with Crippen molar-refractivity contribution in [3.8, 4) is 0 Å². The van der Waals surface area contributed by atoms with Gasteiger partial charge in [-0.05, 0) is 13.3 Å². The summed E-state index contributed by atoms with van der Waals surface area (Å²) >= 11 is 0. The molecule has 156 valence electrons. The number of likely N-dealkylation sites (tertiary alicyclic amines) is 1. The molecule has 0 bridgehead atoms. The summed E-state index contributed by atoms with van der Waals surface area (Å²) in [5.41, 5.74) is 0.689. The number of esters is 1. The van der Waals surface area contributed by atoms with Crippen LogP contribution in [-0.2, 0) is 37.2 Å². The number of imidazole rings is 1. The Hall–Kier alpha value is -2.40. The van der Waals surface area contributed by atoms with E-state index in [0.29, 0.717) is 18.5 Å². The van der Waals surface area contributed by atoms with Crippen LogP contribution in [-0.4, -0.2) is 73.1 Å². The first-order valence-electron chi connectivity index (χ1n) is 8.76. The predicted molar refractivity (Wildman–Crippen MR) is 99.2 cm³/mol. The van der Waals surface area contributed by atoms with E-state index in [-0.39, 0.29) is 31.6 Å². The lowest BCUT2D eigenvalue weighted by Crippen LogP contribution is -2.38. The minimum Gasteiger partial charge on any atom is -0.460 e. The second-order valence-electron chi connectivity index (χ2n) is 6.39. The molecule has 1 fully saturated rings. The lowest BCUT2D eigenvalue weighted by atomic mass is 10.1. The number of hydrogen-bond donors (Lipinski definition) is 0. The average Bonchev–Trinajstić information content (AvgIpc) is 3.15. The number of ether oxygens (including phenoxy) is 2. The predicted octanol–water partition coefficient (Wildman–Crippen LogP) is 0.881. The van der Waals surface area contributed by atoms with Gasteiger partial charge in [0.15, 0.2) is 0 Å². The number of aromatic nitrogens is 2. The van der Waals surface area contributed by atoms with Crippen LogP contribution in [0, 0.1) is 0 Å². The molecule has 28 heavy (non-hydrogen) atoms. The van der Waals surface area contributed by atoms with Crippen molar-refractivity contribution in [2.75, 3.05) is 26.0 Å². The maximum Gasteiger partial charge on any atom is 0.410 e. The van der Waals surface area contributed by atoms with Gasteiger partial charge in [0.2, 0.25) is 5.82 Å². The van der Waals surface area contributed by atoms with Crippen LogP contribution in [0.3, 0.4) is 0 Å². The number of amides is 1. The van der Waals surface area contributed by atoms with E-state index >= 15 is 0 Å². The molecule has 0 radical (unpaired) electrons. The minimum atomic E-state index is -3.67. The van der Waals surface area contributed by atoms with Gasteiger partial charge in [-0.1, -0.05) is 12.7 Å². The van der Waals surface area contributed by atoms with E-state index in [9.17, 15) is 18.0 Å². The van der Waals surface area contributed by atoms with Gasteiger partial charge in [-0.3, -0.25) is 4.18 Å². The molecule has 10 nitrogen and oxygen atoms in total. The van der Waals surface area contributed by atoms with Crippen molar-refractivity contribution >= 4 is 22.2 Å². The molecule has 0 saturated carbocycles. The number of carbonyl (C=O) groups excluding carboxylic acids is 2. The normalized spacial score (nSPS) is 19.5. The highest BCUT2D eigenvalue weighted by Crippen LogP contribution is 2.26. The van der Waals surface area contributed by atoms with Gasteiger partial charge in [0.1, 0.15) is 6.61 Å². The molecular formula is C17H25N3O7S. The topological polar surface area (TPSA) is 117 Å². The summed E-state index contributed by atoms with van der Waals surface area (Å²) in [6.07, 6.45) is 3.33. The summed E-state index contributed by atoms with van der Waals surface area (Å²) in [6, 6.07) is -0.380. The Balaban J connectivity index is 2.18.